The Morgan fingerprint density at radius 3 is 2.73 bits per heavy atom. The second-order valence-electron chi connectivity index (χ2n) is 6.36. The zero-order valence-electron chi connectivity index (χ0n) is 9.21. The Morgan fingerprint density at radius 2 is 2.13 bits per heavy atom. The van der Waals surface area contributed by atoms with Gasteiger partial charge >= 0.3 is 6.16 Å². The van der Waals surface area contributed by atoms with Crippen LogP contribution in [0.2, 0.25) is 0 Å². The van der Waals surface area contributed by atoms with Gasteiger partial charge in [-0.2, -0.15) is 0 Å². The maximum Gasteiger partial charge on any atom is 0.508 e. The molecule has 4 saturated carbocycles. The smallest absolute Gasteiger partial charge is 0.438 e. The highest BCUT2D eigenvalue weighted by molar-refractivity contribution is 5.62. The third kappa shape index (κ3) is 0.641. The lowest BCUT2D eigenvalue weighted by molar-refractivity contribution is -0.169. The van der Waals surface area contributed by atoms with Crippen LogP contribution in [0.1, 0.15) is 32.6 Å². The number of methoxy groups -OCH3 is 1. The van der Waals surface area contributed by atoms with Crippen LogP contribution in [0.3, 0.4) is 0 Å². The summed E-state index contributed by atoms with van der Waals surface area (Å²) in [4.78, 5) is 11.2. The number of hydrogen-bond acceptors (Lipinski definition) is 3. The summed E-state index contributed by atoms with van der Waals surface area (Å²) in [5, 5.41) is 0. The lowest BCUT2D eigenvalue weighted by atomic mass is 9.39. The minimum Gasteiger partial charge on any atom is -0.438 e. The van der Waals surface area contributed by atoms with Gasteiger partial charge in [-0.1, -0.05) is 6.92 Å². The number of ether oxygens (including phenoxy) is 2. The Balaban J connectivity index is 1.61. The molecule has 3 heteroatoms. The maximum atomic E-state index is 11.2. The summed E-state index contributed by atoms with van der Waals surface area (Å²) in [5.74, 6) is 1.69. The minimum atomic E-state index is -0.484. The molecule has 0 aromatic heterocycles. The molecule has 0 amide bonds. The molecule has 4 rings (SSSR count). The van der Waals surface area contributed by atoms with E-state index >= 15 is 0 Å². The van der Waals surface area contributed by atoms with Crippen LogP contribution in [-0.2, 0) is 9.47 Å². The van der Waals surface area contributed by atoms with Gasteiger partial charge in [-0.25, -0.2) is 4.79 Å². The first kappa shape index (κ1) is 8.43. The van der Waals surface area contributed by atoms with Gasteiger partial charge in [0, 0.05) is 5.41 Å². The van der Waals surface area contributed by atoms with Crippen LogP contribution in [0.5, 0.6) is 0 Å². The summed E-state index contributed by atoms with van der Waals surface area (Å²) in [6.07, 6.45) is 4.35. The number of carbonyl (C=O) groups excluding carboxylic acids is 1. The van der Waals surface area contributed by atoms with E-state index in [0.717, 1.165) is 24.7 Å². The standard InChI is InChI=1S/C12H16O3/c1-10-3-7-4-12(15-9(13)14-2)6-11(12,5-10)8(7)10/h7-8H,3-6H2,1-2H3. The molecule has 0 radical (unpaired) electrons. The van der Waals surface area contributed by atoms with Gasteiger partial charge in [0.05, 0.1) is 7.11 Å². The molecule has 0 aromatic rings. The average Bonchev–Trinajstić information content (AvgIpc) is 2.68. The topological polar surface area (TPSA) is 35.5 Å². The third-order valence-corrected chi connectivity index (χ3v) is 5.69. The molecule has 5 atom stereocenters. The molecule has 1 spiro atoms. The second-order valence-corrected chi connectivity index (χ2v) is 6.36. The van der Waals surface area contributed by atoms with E-state index in [4.69, 9.17) is 4.74 Å². The zero-order valence-corrected chi connectivity index (χ0v) is 9.21. The molecule has 5 unspecified atom stereocenters. The van der Waals surface area contributed by atoms with E-state index in [1.165, 1.54) is 20.0 Å². The van der Waals surface area contributed by atoms with E-state index in [1.807, 2.05) is 0 Å². The molecule has 4 fully saturated rings. The van der Waals surface area contributed by atoms with E-state index in [9.17, 15) is 4.79 Å². The SMILES string of the molecule is COC(=O)OC12CC3CC4(C)CC1(C2)C34. The quantitative estimate of drug-likeness (QED) is 0.620. The number of hydrogen-bond donors (Lipinski definition) is 0. The summed E-state index contributed by atoms with van der Waals surface area (Å²) < 4.78 is 10.1. The Labute approximate surface area is 89.1 Å². The van der Waals surface area contributed by atoms with Crippen LogP contribution in [0, 0.1) is 22.7 Å². The largest absolute Gasteiger partial charge is 0.508 e. The summed E-state index contributed by atoms with van der Waals surface area (Å²) in [6, 6.07) is 0. The zero-order chi connectivity index (χ0) is 10.5. The highest BCUT2D eigenvalue weighted by atomic mass is 16.7. The fraction of sp³-hybridized carbons (Fsp3) is 0.917. The Bertz CT molecular complexity index is 379. The normalized spacial score (nSPS) is 62.0. The Hall–Kier alpha value is -0.730. The van der Waals surface area contributed by atoms with E-state index < -0.39 is 6.16 Å². The second kappa shape index (κ2) is 1.92. The molecule has 15 heavy (non-hydrogen) atoms. The molecule has 4 aliphatic carbocycles. The highest BCUT2D eigenvalue weighted by Crippen LogP contribution is 2.92. The third-order valence-electron chi connectivity index (χ3n) is 5.69. The van der Waals surface area contributed by atoms with Crippen LogP contribution in [0.25, 0.3) is 0 Å². The molecule has 0 aliphatic heterocycles. The first-order valence-electron chi connectivity index (χ1n) is 5.82. The van der Waals surface area contributed by atoms with Gasteiger partial charge in [0.15, 0.2) is 0 Å². The van der Waals surface area contributed by atoms with Crippen LogP contribution in [0.15, 0.2) is 0 Å². The number of carbonyl (C=O) groups is 1. The van der Waals surface area contributed by atoms with Crippen LogP contribution < -0.4 is 0 Å². The monoisotopic (exact) mass is 208 g/mol. The molecule has 0 heterocycles. The van der Waals surface area contributed by atoms with Crippen LogP contribution in [0.4, 0.5) is 4.79 Å². The summed E-state index contributed by atoms with van der Waals surface area (Å²) >= 11 is 0. The molecule has 3 nitrogen and oxygen atoms in total. The van der Waals surface area contributed by atoms with Gasteiger partial charge < -0.3 is 9.47 Å². The van der Waals surface area contributed by atoms with Crippen molar-refractivity contribution in [3.63, 3.8) is 0 Å². The van der Waals surface area contributed by atoms with Crippen molar-refractivity contribution in [3.05, 3.63) is 0 Å². The van der Waals surface area contributed by atoms with Crippen molar-refractivity contribution in [2.24, 2.45) is 22.7 Å². The predicted molar refractivity (Wildman–Crippen MR) is 52.2 cm³/mol. The first-order chi connectivity index (χ1) is 7.05. The van der Waals surface area contributed by atoms with Crippen molar-refractivity contribution in [3.8, 4) is 0 Å². The van der Waals surface area contributed by atoms with Gasteiger partial charge in [0.2, 0.25) is 0 Å². The summed E-state index contributed by atoms with van der Waals surface area (Å²) in [6.45, 7) is 2.39. The van der Waals surface area contributed by atoms with E-state index in [0.29, 0.717) is 10.8 Å². The highest BCUT2D eigenvalue weighted by Gasteiger charge is 2.91. The average molecular weight is 208 g/mol. The van der Waals surface area contributed by atoms with Crippen LogP contribution >= 0.6 is 0 Å². The fourth-order valence-electron chi connectivity index (χ4n) is 5.60. The van der Waals surface area contributed by atoms with Crippen molar-refractivity contribution in [2.45, 2.75) is 38.2 Å². The van der Waals surface area contributed by atoms with Gasteiger partial charge in [-0.05, 0) is 42.9 Å². The van der Waals surface area contributed by atoms with E-state index in [-0.39, 0.29) is 5.60 Å². The van der Waals surface area contributed by atoms with Gasteiger partial charge in [-0.3, -0.25) is 0 Å². The van der Waals surface area contributed by atoms with Crippen molar-refractivity contribution in [1.82, 2.24) is 0 Å². The predicted octanol–water partition coefficient (Wildman–Crippen LogP) is 2.35. The van der Waals surface area contributed by atoms with Crippen molar-refractivity contribution in [2.75, 3.05) is 7.11 Å². The van der Waals surface area contributed by atoms with Gasteiger partial charge in [-0.15, -0.1) is 0 Å². The van der Waals surface area contributed by atoms with Gasteiger partial charge in [0.25, 0.3) is 0 Å². The summed E-state index contributed by atoms with van der Waals surface area (Å²) in [7, 11) is 1.39. The molecule has 0 N–H and O–H groups in total. The molecule has 0 bridgehead atoms. The molecule has 0 saturated heterocycles. The Morgan fingerprint density at radius 1 is 1.33 bits per heavy atom. The molecule has 4 aliphatic rings. The molecular formula is C12H16O3. The number of rotatable bonds is 1. The fourth-order valence-corrected chi connectivity index (χ4v) is 5.60. The lowest BCUT2D eigenvalue weighted by Crippen LogP contribution is -2.58. The molecule has 0 aromatic carbocycles. The summed E-state index contributed by atoms with van der Waals surface area (Å²) in [5.41, 5.74) is 0.882. The first-order valence-corrected chi connectivity index (χ1v) is 5.82. The lowest BCUT2D eigenvalue weighted by Gasteiger charge is -2.64. The van der Waals surface area contributed by atoms with Crippen LogP contribution in [-0.4, -0.2) is 18.9 Å². The minimum absolute atomic E-state index is 0.106. The van der Waals surface area contributed by atoms with E-state index in [1.54, 1.807) is 0 Å². The Kier molecular flexibility index (Phi) is 1.08. The molecule has 82 valence electrons. The van der Waals surface area contributed by atoms with Crippen molar-refractivity contribution in [1.29, 1.82) is 0 Å². The maximum absolute atomic E-state index is 11.2. The molecular weight excluding hydrogens is 192 g/mol. The van der Waals surface area contributed by atoms with Crippen molar-refractivity contribution >= 4 is 6.16 Å². The van der Waals surface area contributed by atoms with Gasteiger partial charge in [0.1, 0.15) is 5.60 Å². The van der Waals surface area contributed by atoms with Crippen molar-refractivity contribution < 1.29 is 14.3 Å². The van der Waals surface area contributed by atoms with E-state index in [2.05, 4.69) is 11.7 Å².